The van der Waals surface area contributed by atoms with Gasteiger partial charge >= 0.3 is 6.01 Å². The highest BCUT2D eigenvalue weighted by molar-refractivity contribution is 5.15. The van der Waals surface area contributed by atoms with Crippen LogP contribution in [0.15, 0.2) is 11.0 Å². The van der Waals surface area contributed by atoms with Gasteiger partial charge in [0.25, 0.3) is 5.56 Å². The molecule has 2 aliphatic heterocycles. The van der Waals surface area contributed by atoms with Gasteiger partial charge in [-0.2, -0.15) is 4.98 Å². The van der Waals surface area contributed by atoms with E-state index in [0.29, 0.717) is 5.56 Å². The fourth-order valence-electron chi connectivity index (χ4n) is 2.16. The molecular weight excluding hydrogens is 228 g/mol. The summed E-state index contributed by atoms with van der Waals surface area (Å²) in [5, 5.41) is 18.9. The molecule has 1 aromatic rings. The number of fused-ring (bicyclic) bond motifs is 3. The van der Waals surface area contributed by atoms with E-state index in [-0.39, 0.29) is 18.2 Å². The summed E-state index contributed by atoms with van der Waals surface area (Å²) >= 11 is 0. The average Bonchev–Trinajstić information content (AvgIpc) is 2.78. The molecule has 17 heavy (non-hydrogen) atoms. The van der Waals surface area contributed by atoms with Crippen molar-refractivity contribution >= 4 is 0 Å². The molecule has 0 spiro atoms. The van der Waals surface area contributed by atoms with E-state index >= 15 is 0 Å². The van der Waals surface area contributed by atoms with Crippen LogP contribution < -0.4 is 10.3 Å². The maximum absolute atomic E-state index is 11.4. The smallest absolute Gasteiger partial charge is 0.302 e. The van der Waals surface area contributed by atoms with Crippen LogP contribution in [-0.2, 0) is 4.74 Å². The first-order valence-electron chi connectivity index (χ1n) is 5.32. The fraction of sp³-hybridized carbons (Fsp3) is 0.600. The minimum Gasteiger partial charge on any atom is -0.453 e. The summed E-state index contributed by atoms with van der Waals surface area (Å²) in [6.07, 6.45) is -1.17. The van der Waals surface area contributed by atoms with Gasteiger partial charge in [-0.05, 0) is 6.92 Å². The fourth-order valence-corrected chi connectivity index (χ4v) is 2.16. The van der Waals surface area contributed by atoms with Crippen molar-refractivity contribution in [2.45, 2.75) is 31.5 Å². The molecule has 1 aromatic heterocycles. The Morgan fingerprint density at radius 1 is 1.59 bits per heavy atom. The van der Waals surface area contributed by atoms with Gasteiger partial charge < -0.3 is 19.7 Å². The number of aryl methyl sites for hydroxylation is 1. The lowest BCUT2D eigenvalue weighted by atomic mass is 10.1. The molecule has 1 unspecified atom stereocenters. The number of aliphatic hydroxyl groups excluding tert-OH is 2. The Labute approximate surface area is 96.2 Å². The molecule has 0 aromatic carbocycles. The Morgan fingerprint density at radius 3 is 3.06 bits per heavy atom. The molecule has 0 amide bonds. The second kappa shape index (κ2) is 3.52. The summed E-state index contributed by atoms with van der Waals surface area (Å²) in [4.78, 5) is 15.1. The molecule has 1 fully saturated rings. The van der Waals surface area contributed by atoms with E-state index in [1.807, 2.05) is 0 Å². The van der Waals surface area contributed by atoms with Crippen molar-refractivity contribution in [3.8, 4) is 6.01 Å². The zero-order chi connectivity index (χ0) is 12.2. The van der Waals surface area contributed by atoms with Crippen LogP contribution in [0.1, 0.15) is 11.8 Å². The van der Waals surface area contributed by atoms with Crippen molar-refractivity contribution in [1.29, 1.82) is 0 Å². The molecule has 7 heteroatoms. The van der Waals surface area contributed by atoms with Crippen LogP contribution in [0.3, 0.4) is 0 Å². The van der Waals surface area contributed by atoms with Crippen LogP contribution >= 0.6 is 0 Å². The lowest BCUT2D eigenvalue weighted by molar-refractivity contribution is -0.0435. The highest BCUT2D eigenvalue weighted by atomic mass is 16.6. The number of aliphatic hydroxyl groups is 2. The van der Waals surface area contributed by atoms with Crippen LogP contribution in [-0.4, -0.2) is 44.7 Å². The first-order chi connectivity index (χ1) is 8.11. The normalized spacial score (nSPS) is 34.3. The summed E-state index contributed by atoms with van der Waals surface area (Å²) in [5.41, 5.74) is 0.118. The molecular formula is C10H12N2O5. The summed E-state index contributed by atoms with van der Waals surface area (Å²) in [7, 11) is 0. The number of ether oxygens (including phenoxy) is 2. The van der Waals surface area contributed by atoms with Crippen molar-refractivity contribution in [2.75, 3.05) is 6.61 Å². The maximum atomic E-state index is 11.4. The van der Waals surface area contributed by atoms with Gasteiger partial charge in [0.15, 0.2) is 12.3 Å². The molecule has 2 aliphatic rings. The van der Waals surface area contributed by atoms with Crippen molar-refractivity contribution in [3.63, 3.8) is 0 Å². The maximum Gasteiger partial charge on any atom is 0.302 e. The van der Waals surface area contributed by atoms with Crippen LogP contribution in [0.2, 0.25) is 0 Å². The molecule has 0 aliphatic carbocycles. The van der Waals surface area contributed by atoms with E-state index in [2.05, 4.69) is 4.98 Å². The highest BCUT2D eigenvalue weighted by Gasteiger charge is 2.50. The Hall–Kier alpha value is -1.44. The Kier molecular flexibility index (Phi) is 2.22. The van der Waals surface area contributed by atoms with E-state index in [1.54, 1.807) is 17.7 Å². The minimum atomic E-state index is -0.929. The van der Waals surface area contributed by atoms with Gasteiger partial charge in [0.05, 0.1) is 6.61 Å². The summed E-state index contributed by atoms with van der Waals surface area (Å²) < 4.78 is 12.4. The topological polar surface area (TPSA) is 93.8 Å². The summed E-state index contributed by atoms with van der Waals surface area (Å²) in [6.45, 7) is 1.37. The van der Waals surface area contributed by atoms with E-state index in [1.165, 1.54) is 0 Å². The van der Waals surface area contributed by atoms with Gasteiger partial charge in [-0.25, -0.2) is 0 Å². The second-order valence-corrected chi connectivity index (χ2v) is 4.24. The predicted molar refractivity (Wildman–Crippen MR) is 54.7 cm³/mol. The van der Waals surface area contributed by atoms with E-state index < -0.39 is 24.5 Å². The number of hydrogen-bond acceptors (Lipinski definition) is 6. The zero-order valence-electron chi connectivity index (χ0n) is 9.11. The van der Waals surface area contributed by atoms with Gasteiger partial charge in [-0.3, -0.25) is 9.36 Å². The number of nitrogens with zero attached hydrogens (tertiary/aromatic N) is 2. The molecule has 0 saturated carbocycles. The molecule has 0 radical (unpaired) electrons. The third-order valence-corrected chi connectivity index (χ3v) is 3.10. The van der Waals surface area contributed by atoms with E-state index in [9.17, 15) is 9.90 Å². The molecule has 1 saturated heterocycles. The SMILES string of the molecule is Cc1cn2c(nc1=O)OC1[C@H]2O[C@H](CO)[C@H]1O. The van der Waals surface area contributed by atoms with Gasteiger partial charge in [-0.15, -0.1) is 0 Å². The van der Waals surface area contributed by atoms with E-state index in [4.69, 9.17) is 14.6 Å². The average molecular weight is 240 g/mol. The Morgan fingerprint density at radius 2 is 2.35 bits per heavy atom. The Bertz CT molecular complexity index is 514. The monoisotopic (exact) mass is 240 g/mol. The first-order valence-corrected chi connectivity index (χ1v) is 5.32. The lowest BCUT2D eigenvalue weighted by Gasteiger charge is -2.14. The minimum absolute atomic E-state index is 0.144. The van der Waals surface area contributed by atoms with Crippen molar-refractivity contribution in [3.05, 3.63) is 22.1 Å². The first kappa shape index (κ1) is 10.7. The van der Waals surface area contributed by atoms with Gasteiger partial charge in [-0.1, -0.05) is 0 Å². The van der Waals surface area contributed by atoms with Gasteiger partial charge in [0.2, 0.25) is 0 Å². The standard InChI is InChI=1S/C10H12N2O5/c1-4-2-12-9-7(6(14)5(3-13)16-9)17-10(12)11-8(4)15/h2,5-7,9,13-14H,3H2,1H3/t5-,6-,7?,9-/m1/s1. The predicted octanol–water partition coefficient (Wildman–Crippen LogP) is -1.44. The molecule has 4 atom stereocenters. The highest BCUT2D eigenvalue weighted by Crippen LogP contribution is 2.38. The summed E-state index contributed by atoms with van der Waals surface area (Å²) in [6, 6.07) is 0.144. The number of hydrogen-bond donors (Lipinski definition) is 2. The molecule has 3 heterocycles. The largest absolute Gasteiger partial charge is 0.453 e. The molecule has 3 rings (SSSR count). The summed E-state index contributed by atoms with van der Waals surface area (Å²) in [5.74, 6) is 0. The van der Waals surface area contributed by atoms with Crippen LogP contribution in [0.4, 0.5) is 0 Å². The van der Waals surface area contributed by atoms with Crippen molar-refractivity contribution < 1.29 is 19.7 Å². The number of aromatic nitrogens is 2. The third-order valence-electron chi connectivity index (χ3n) is 3.10. The third kappa shape index (κ3) is 1.40. The van der Waals surface area contributed by atoms with Crippen molar-refractivity contribution in [2.24, 2.45) is 0 Å². The van der Waals surface area contributed by atoms with Gasteiger partial charge in [0.1, 0.15) is 12.2 Å². The molecule has 92 valence electrons. The van der Waals surface area contributed by atoms with E-state index in [0.717, 1.165) is 0 Å². The van der Waals surface area contributed by atoms with Crippen LogP contribution in [0, 0.1) is 6.92 Å². The molecule has 7 nitrogen and oxygen atoms in total. The zero-order valence-corrected chi connectivity index (χ0v) is 9.11. The van der Waals surface area contributed by atoms with Crippen molar-refractivity contribution in [1.82, 2.24) is 9.55 Å². The van der Waals surface area contributed by atoms with Crippen LogP contribution in [0.5, 0.6) is 6.01 Å². The quantitative estimate of drug-likeness (QED) is 0.624. The number of rotatable bonds is 1. The molecule has 0 bridgehead atoms. The second-order valence-electron chi connectivity index (χ2n) is 4.24. The van der Waals surface area contributed by atoms with Crippen LogP contribution in [0.25, 0.3) is 0 Å². The Balaban J connectivity index is 2.02. The lowest BCUT2D eigenvalue weighted by Crippen LogP contribution is -2.34. The molecule has 2 N–H and O–H groups in total. The van der Waals surface area contributed by atoms with Gasteiger partial charge in [0, 0.05) is 11.8 Å².